The van der Waals surface area contributed by atoms with Gasteiger partial charge in [-0.2, -0.15) is 0 Å². The Labute approximate surface area is 142 Å². The summed E-state index contributed by atoms with van der Waals surface area (Å²) in [4.78, 5) is 26.4. The molecule has 0 amide bonds. The molecule has 8 heteroatoms. The van der Waals surface area contributed by atoms with Gasteiger partial charge in [0.05, 0.1) is 17.2 Å². The van der Waals surface area contributed by atoms with Crippen molar-refractivity contribution >= 4 is 17.7 Å². The van der Waals surface area contributed by atoms with Gasteiger partial charge < -0.3 is 14.2 Å². The molecule has 8 nitrogen and oxygen atoms in total. The van der Waals surface area contributed by atoms with Crippen LogP contribution in [0.25, 0.3) is 6.08 Å². The quantitative estimate of drug-likeness (QED) is 0.356. The van der Waals surface area contributed by atoms with Gasteiger partial charge in [0.15, 0.2) is 6.79 Å². The van der Waals surface area contributed by atoms with Crippen LogP contribution in [-0.2, 0) is 27.5 Å². The van der Waals surface area contributed by atoms with Crippen molar-refractivity contribution in [2.24, 2.45) is 0 Å². The predicted molar refractivity (Wildman–Crippen MR) is 86.4 cm³/mol. The van der Waals surface area contributed by atoms with Crippen molar-refractivity contribution in [1.82, 2.24) is 4.98 Å². The predicted octanol–water partition coefficient (Wildman–Crippen LogP) is 2.61. The highest BCUT2D eigenvalue weighted by Crippen LogP contribution is 2.33. The van der Waals surface area contributed by atoms with Gasteiger partial charge in [-0.3, -0.25) is 15.1 Å². The maximum Gasteiger partial charge on any atom is 0.331 e. The highest BCUT2D eigenvalue weighted by atomic mass is 16.7. The van der Waals surface area contributed by atoms with Gasteiger partial charge in [-0.05, 0) is 18.2 Å². The lowest BCUT2D eigenvalue weighted by atomic mass is 10.1. The molecular formula is C17H14N2O6. The first-order valence-electron chi connectivity index (χ1n) is 7.40. The second-order valence-electron chi connectivity index (χ2n) is 5.15. The fourth-order valence-electron chi connectivity index (χ4n) is 2.30. The van der Waals surface area contributed by atoms with Crippen LogP contribution >= 0.6 is 0 Å². The number of nitro groups is 1. The Morgan fingerprint density at radius 1 is 1.40 bits per heavy atom. The Kier molecular flexibility index (Phi) is 5.00. The van der Waals surface area contributed by atoms with E-state index in [9.17, 15) is 14.9 Å². The zero-order valence-electron chi connectivity index (χ0n) is 13.1. The first kappa shape index (κ1) is 16.6. The maximum absolute atomic E-state index is 11.8. The van der Waals surface area contributed by atoms with Crippen molar-refractivity contribution in [2.45, 2.75) is 13.2 Å². The Bertz CT molecular complexity index is 819. The summed E-state index contributed by atoms with van der Waals surface area (Å²) in [5, 5.41) is 11.0. The number of carbonyl (C=O) groups is 1. The van der Waals surface area contributed by atoms with Crippen LogP contribution < -0.4 is 4.74 Å². The third-order valence-electron chi connectivity index (χ3n) is 3.42. The molecule has 0 radical (unpaired) electrons. The van der Waals surface area contributed by atoms with E-state index in [2.05, 4.69) is 4.98 Å². The number of hydrogen-bond donors (Lipinski definition) is 0. The van der Waals surface area contributed by atoms with Crippen LogP contribution in [0.2, 0.25) is 0 Å². The van der Waals surface area contributed by atoms with E-state index in [4.69, 9.17) is 14.2 Å². The van der Waals surface area contributed by atoms with E-state index in [1.54, 1.807) is 24.4 Å². The van der Waals surface area contributed by atoms with E-state index >= 15 is 0 Å². The van der Waals surface area contributed by atoms with Crippen LogP contribution in [-0.4, -0.2) is 22.7 Å². The van der Waals surface area contributed by atoms with Crippen LogP contribution in [0, 0.1) is 10.1 Å². The second-order valence-corrected chi connectivity index (χ2v) is 5.15. The average molecular weight is 342 g/mol. The van der Waals surface area contributed by atoms with Crippen LogP contribution in [0.3, 0.4) is 0 Å². The molecule has 0 saturated heterocycles. The van der Waals surface area contributed by atoms with E-state index in [1.165, 1.54) is 24.3 Å². The Balaban J connectivity index is 1.74. The number of nitro benzene ring substituents is 1. The summed E-state index contributed by atoms with van der Waals surface area (Å²) in [6.45, 7) is 0.305. The SMILES string of the molecule is O=C(C=Cc1cc([N+](=O)[O-])cc2c1OCOC2)OCc1ccccn1. The van der Waals surface area contributed by atoms with Gasteiger partial charge in [-0.1, -0.05) is 6.07 Å². The van der Waals surface area contributed by atoms with Gasteiger partial charge in [-0.15, -0.1) is 0 Å². The number of fused-ring (bicyclic) bond motifs is 1. The van der Waals surface area contributed by atoms with Gasteiger partial charge in [0.1, 0.15) is 12.4 Å². The number of non-ortho nitro benzene ring substituents is 1. The van der Waals surface area contributed by atoms with Crippen molar-refractivity contribution in [2.75, 3.05) is 6.79 Å². The highest BCUT2D eigenvalue weighted by Gasteiger charge is 2.19. The lowest BCUT2D eigenvalue weighted by molar-refractivity contribution is -0.385. The van der Waals surface area contributed by atoms with Crippen molar-refractivity contribution in [3.63, 3.8) is 0 Å². The number of nitrogens with zero attached hydrogens (tertiary/aromatic N) is 2. The van der Waals surface area contributed by atoms with E-state index in [0.717, 1.165) is 0 Å². The van der Waals surface area contributed by atoms with Gasteiger partial charge in [0, 0.05) is 35.5 Å². The lowest BCUT2D eigenvalue weighted by Crippen LogP contribution is -2.13. The summed E-state index contributed by atoms with van der Waals surface area (Å²) >= 11 is 0. The average Bonchev–Trinajstić information content (AvgIpc) is 2.65. The van der Waals surface area contributed by atoms with Crippen LogP contribution in [0.15, 0.2) is 42.6 Å². The lowest BCUT2D eigenvalue weighted by Gasteiger charge is -2.19. The third kappa shape index (κ3) is 4.18. The van der Waals surface area contributed by atoms with Crippen molar-refractivity contribution in [1.29, 1.82) is 0 Å². The van der Waals surface area contributed by atoms with Crippen LogP contribution in [0.1, 0.15) is 16.8 Å². The maximum atomic E-state index is 11.8. The summed E-state index contributed by atoms with van der Waals surface area (Å²) in [5.74, 6) is -0.122. The summed E-state index contributed by atoms with van der Waals surface area (Å²) < 4.78 is 15.6. The Morgan fingerprint density at radius 3 is 3.04 bits per heavy atom. The van der Waals surface area contributed by atoms with Crippen LogP contribution in [0.5, 0.6) is 5.75 Å². The number of esters is 1. The molecule has 1 aromatic carbocycles. The number of pyridine rings is 1. The smallest absolute Gasteiger partial charge is 0.331 e. The molecule has 2 aromatic rings. The fraction of sp³-hybridized carbons (Fsp3) is 0.176. The molecule has 0 N–H and O–H groups in total. The molecule has 128 valence electrons. The van der Waals surface area contributed by atoms with Crippen molar-refractivity contribution < 1.29 is 23.9 Å². The molecule has 25 heavy (non-hydrogen) atoms. The summed E-state index contributed by atoms with van der Waals surface area (Å²) in [6.07, 6.45) is 4.23. The van der Waals surface area contributed by atoms with Gasteiger partial charge >= 0.3 is 5.97 Å². The molecular weight excluding hydrogens is 328 g/mol. The molecule has 2 heterocycles. The Morgan fingerprint density at radius 2 is 2.28 bits per heavy atom. The van der Waals surface area contributed by atoms with E-state index < -0.39 is 10.9 Å². The first-order valence-corrected chi connectivity index (χ1v) is 7.40. The summed E-state index contributed by atoms with van der Waals surface area (Å²) in [5.41, 5.74) is 1.50. The highest BCUT2D eigenvalue weighted by molar-refractivity contribution is 5.88. The molecule has 1 aliphatic heterocycles. The van der Waals surface area contributed by atoms with Gasteiger partial charge in [0.2, 0.25) is 0 Å². The topological polar surface area (TPSA) is 101 Å². The number of ether oxygens (including phenoxy) is 3. The number of hydrogen-bond acceptors (Lipinski definition) is 7. The van der Waals surface area contributed by atoms with Crippen LogP contribution in [0.4, 0.5) is 5.69 Å². The van der Waals surface area contributed by atoms with Crippen molar-refractivity contribution in [3.8, 4) is 5.75 Å². The van der Waals surface area contributed by atoms with Gasteiger partial charge in [0.25, 0.3) is 5.69 Å². The molecule has 1 aromatic heterocycles. The third-order valence-corrected chi connectivity index (χ3v) is 3.42. The molecule has 0 saturated carbocycles. The van der Waals surface area contributed by atoms with Gasteiger partial charge in [-0.25, -0.2) is 4.79 Å². The summed E-state index contributed by atoms with van der Waals surface area (Å²) in [7, 11) is 0. The molecule has 3 rings (SSSR count). The normalized spacial score (nSPS) is 13.1. The zero-order chi connectivity index (χ0) is 17.6. The Hall–Kier alpha value is -3.26. The monoisotopic (exact) mass is 342 g/mol. The van der Waals surface area contributed by atoms with E-state index in [0.29, 0.717) is 22.6 Å². The minimum atomic E-state index is -0.585. The molecule has 0 spiro atoms. The molecule has 1 aliphatic rings. The molecule has 0 fully saturated rings. The standard InChI is InChI=1S/C17H14N2O6/c20-16(24-10-14-3-1-2-6-18-14)5-4-12-7-15(19(21)22)8-13-9-23-11-25-17(12)13/h1-8H,9-11H2. The van der Waals surface area contributed by atoms with E-state index in [1.807, 2.05) is 0 Å². The minimum absolute atomic E-state index is 0.0431. The molecule has 0 bridgehead atoms. The largest absolute Gasteiger partial charge is 0.467 e. The first-order chi connectivity index (χ1) is 12.1. The van der Waals surface area contributed by atoms with E-state index in [-0.39, 0.29) is 25.7 Å². The number of carbonyl (C=O) groups excluding carboxylic acids is 1. The molecule has 0 aliphatic carbocycles. The fourth-order valence-corrected chi connectivity index (χ4v) is 2.30. The number of rotatable bonds is 5. The van der Waals surface area contributed by atoms with Crippen molar-refractivity contribution in [3.05, 3.63) is 69.5 Å². The summed E-state index contributed by atoms with van der Waals surface area (Å²) in [6, 6.07) is 8.03. The minimum Gasteiger partial charge on any atom is -0.467 e. The number of aromatic nitrogens is 1. The molecule has 0 atom stereocenters. The number of benzene rings is 1. The zero-order valence-corrected chi connectivity index (χ0v) is 13.1. The second kappa shape index (κ2) is 7.54. The molecule has 0 unspecified atom stereocenters.